The smallest absolute Gasteiger partial charge is 0.208 e. The number of morpholine rings is 1. The van der Waals surface area contributed by atoms with Crippen LogP contribution in [0, 0.1) is 0 Å². The summed E-state index contributed by atoms with van der Waals surface area (Å²) in [6.45, 7) is 3.70. The van der Waals surface area contributed by atoms with Gasteiger partial charge in [0.1, 0.15) is 0 Å². The van der Waals surface area contributed by atoms with Crippen molar-refractivity contribution in [1.82, 2.24) is 4.90 Å². The molecular weight excluding hydrogens is 342 g/mol. The van der Waals surface area contributed by atoms with Crippen molar-refractivity contribution in [3.05, 3.63) is 35.9 Å². The van der Waals surface area contributed by atoms with E-state index in [-0.39, 0.29) is 17.0 Å². The Labute approximate surface area is 144 Å². The van der Waals surface area contributed by atoms with Crippen LogP contribution in [0.15, 0.2) is 30.3 Å². The summed E-state index contributed by atoms with van der Waals surface area (Å²) in [5, 5.41) is 0. The monoisotopic (exact) mass is 369 g/mol. The van der Waals surface area contributed by atoms with Crippen LogP contribution >= 0.6 is 17.0 Å². The van der Waals surface area contributed by atoms with Crippen molar-refractivity contribution in [1.29, 1.82) is 0 Å². The van der Waals surface area contributed by atoms with Crippen LogP contribution in [0.2, 0.25) is 0 Å². The first-order chi connectivity index (χ1) is 10.2. The highest BCUT2D eigenvalue weighted by Gasteiger charge is 2.47. The van der Waals surface area contributed by atoms with Crippen molar-refractivity contribution in [2.24, 2.45) is 0 Å². The van der Waals surface area contributed by atoms with Crippen LogP contribution in [0.4, 0.5) is 0 Å². The molecular formula is C18H28BrNO2. The predicted octanol–water partition coefficient (Wildman–Crippen LogP) is 4.12. The molecule has 0 radical (unpaired) electrons. The fourth-order valence-electron chi connectivity index (χ4n) is 3.73. The van der Waals surface area contributed by atoms with Gasteiger partial charge in [-0.3, -0.25) is 4.90 Å². The van der Waals surface area contributed by atoms with Gasteiger partial charge in [0.25, 0.3) is 0 Å². The van der Waals surface area contributed by atoms with Crippen molar-refractivity contribution >= 4 is 17.0 Å². The minimum Gasteiger partial charge on any atom is -0.345 e. The number of ether oxygens (including phenoxy) is 2. The van der Waals surface area contributed by atoms with Gasteiger partial charge >= 0.3 is 0 Å². The Morgan fingerprint density at radius 2 is 1.95 bits per heavy atom. The highest BCUT2D eigenvalue weighted by molar-refractivity contribution is 8.93. The maximum Gasteiger partial charge on any atom is 0.208 e. The van der Waals surface area contributed by atoms with Crippen molar-refractivity contribution in [2.75, 3.05) is 20.2 Å². The lowest BCUT2D eigenvalue weighted by Crippen LogP contribution is -2.60. The van der Waals surface area contributed by atoms with Gasteiger partial charge in [0, 0.05) is 11.6 Å². The van der Waals surface area contributed by atoms with Crippen LogP contribution in [0.3, 0.4) is 0 Å². The van der Waals surface area contributed by atoms with Crippen LogP contribution < -0.4 is 0 Å². The zero-order chi connectivity index (χ0) is 14.7. The second-order valence-electron chi connectivity index (χ2n) is 6.39. The van der Waals surface area contributed by atoms with Gasteiger partial charge in [-0.2, -0.15) is 0 Å². The molecule has 0 N–H and O–H groups in total. The normalized spacial score (nSPS) is 32.1. The molecule has 1 heterocycles. The van der Waals surface area contributed by atoms with E-state index in [1.165, 1.54) is 19.3 Å². The third-order valence-corrected chi connectivity index (χ3v) is 4.79. The van der Waals surface area contributed by atoms with Gasteiger partial charge in [0.05, 0.1) is 19.3 Å². The lowest BCUT2D eigenvalue weighted by molar-refractivity contribution is -0.315. The summed E-state index contributed by atoms with van der Waals surface area (Å²) in [6.07, 6.45) is 6.31. The molecule has 22 heavy (non-hydrogen) atoms. The summed E-state index contributed by atoms with van der Waals surface area (Å²) in [5.41, 5.74) is 1.15. The van der Waals surface area contributed by atoms with Crippen LogP contribution in [0.1, 0.15) is 44.6 Å². The summed E-state index contributed by atoms with van der Waals surface area (Å²) in [5.74, 6) is -0.593. The van der Waals surface area contributed by atoms with Crippen LogP contribution in [0.25, 0.3) is 0 Å². The second kappa shape index (κ2) is 7.91. The number of halogens is 1. The Morgan fingerprint density at radius 1 is 1.23 bits per heavy atom. The first-order valence-corrected chi connectivity index (χ1v) is 8.33. The summed E-state index contributed by atoms with van der Waals surface area (Å²) in [7, 11) is 2.22. The molecule has 0 spiro atoms. The number of nitrogens with zero attached hydrogens (tertiary/aromatic N) is 1. The number of rotatable bonds is 4. The van der Waals surface area contributed by atoms with Crippen LogP contribution in [0.5, 0.6) is 0 Å². The lowest BCUT2D eigenvalue weighted by atomic mass is 9.88. The molecule has 1 aliphatic carbocycles. The molecule has 1 aromatic rings. The van der Waals surface area contributed by atoms with Gasteiger partial charge in [0.2, 0.25) is 5.79 Å². The molecule has 4 heteroatoms. The van der Waals surface area contributed by atoms with E-state index < -0.39 is 5.79 Å². The molecule has 124 valence electrons. The van der Waals surface area contributed by atoms with E-state index in [0.717, 1.165) is 31.6 Å². The fourth-order valence-corrected chi connectivity index (χ4v) is 3.73. The van der Waals surface area contributed by atoms with Crippen LogP contribution in [-0.2, 0) is 15.3 Å². The molecule has 1 aliphatic heterocycles. The Kier molecular flexibility index (Phi) is 6.45. The molecule has 3 nitrogen and oxygen atoms in total. The Bertz CT molecular complexity index is 456. The summed E-state index contributed by atoms with van der Waals surface area (Å²) in [6, 6.07) is 11.0. The standard InChI is InChI=1S/C18H27NO2.BrH/c1-3-13-20-18(15-9-5-4-6-10-15)14-19(2)16-11-7-8-12-17(16)21-18;/h4-6,9-10,16-17H,3,7-8,11-14H2,1-2H3;1H. The maximum absolute atomic E-state index is 6.57. The van der Waals surface area contributed by atoms with E-state index in [0.29, 0.717) is 12.1 Å². The van der Waals surface area contributed by atoms with E-state index in [1.807, 2.05) is 6.07 Å². The first kappa shape index (κ1) is 17.9. The number of benzene rings is 1. The second-order valence-corrected chi connectivity index (χ2v) is 6.39. The average Bonchev–Trinajstić information content (AvgIpc) is 2.54. The number of hydrogen-bond donors (Lipinski definition) is 0. The first-order valence-electron chi connectivity index (χ1n) is 8.33. The van der Waals surface area contributed by atoms with E-state index in [9.17, 15) is 0 Å². The molecule has 0 aromatic heterocycles. The Hall–Kier alpha value is -0.420. The highest BCUT2D eigenvalue weighted by Crippen LogP contribution is 2.40. The topological polar surface area (TPSA) is 21.7 Å². The SMILES string of the molecule is Br.CCCOC1(c2ccccc2)CN(C)C2CCCCC2O1. The summed E-state index contributed by atoms with van der Waals surface area (Å²) in [4.78, 5) is 2.45. The lowest BCUT2D eigenvalue weighted by Gasteiger charge is -2.51. The van der Waals surface area contributed by atoms with Crippen molar-refractivity contribution < 1.29 is 9.47 Å². The molecule has 2 fully saturated rings. The van der Waals surface area contributed by atoms with E-state index in [4.69, 9.17) is 9.47 Å². The predicted molar refractivity (Wildman–Crippen MR) is 94.4 cm³/mol. The quantitative estimate of drug-likeness (QED) is 0.796. The van der Waals surface area contributed by atoms with Gasteiger partial charge in [-0.15, -0.1) is 17.0 Å². The molecule has 2 aliphatic rings. The molecule has 0 amide bonds. The molecule has 3 atom stereocenters. The molecule has 1 saturated heterocycles. The Morgan fingerprint density at radius 3 is 2.68 bits per heavy atom. The average molecular weight is 370 g/mol. The van der Waals surface area contributed by atoms with Crippen molar-refractivity contribution in [3.8, 4) is 0 Å². The van der Waals surface area contributed by atoms with E-state index >= 15 is 0 Å². The van der Waals surface area contributed by atoms with Gasteiger partial charge in [-0.1, -0.05) is 50.1 Å². The fraction of sp³-hybridized carbons (Fsp3) is 0.667. The molecule has 1 saturated carbocycles. The van der Waals surface area contributed by atoms with Gasteiger partial charge in [-0.05, 0) is 26.3 Å². The van der Waals surface area contributed by atoms with E-state index in [2.05, 4.69) is 43.1 Å². The zero-order valence-corrected chi connectivity index (χ0v) is 15.4. The van der Waals surface area contributed by atoms with Gasteiger partial charge in [0.15, 0.2) is 0 Å². The Balaban J connectivity index is 0.00000176. The minimum absolute atomic E-state index is 0. The minimum atomic E-state index is -0.593. The highest BCUT2D eigenvalue weighted by atomic mass is 79.9. The number of likely N-dealkylation sites (N-methyl/N-ethyl adjacent to an activating group) is 1. The summed E-state index contributed by atoms with van der Waals surface area (Å²) >= 11 is 0. The molecule has 0 bridgehead atoms. The number of hydrogen-bond acceptors (Lipinski definition) is 3. The largest absolute Gasteiger partial charge is 0.345 e. The third kappa shape index (κ3) is 3.56. The van der Waals surface area contributed by atoms with Crippen molar-refractivity contribution in [2.45, 2.75) is 57.0 Å². The van der Waals surface area contributed by atoms with Gasteiger partial charge < -0.3 is 9.47 Å². The molecule has 1 aromatic carbocycles. The molecule has 3 rings (SSSR count). The maximum atomic E-state index is 6.57. The number of fused-ring (bicyclic) bond motifs is 1. The van der Waals surface area contributed by atoms with E-state index in [1.54, 1.807) is 0 Å². The van der Waals surface area contributed by atoms with Gasteiger partial charge in [-0.25, -0.2) is 0 Å². The van der Waals surface area contributed by atoms with Crippen LogP contribution in [-0.4, -0.2) is 37.2 Å². The zero-order valence-electron chi connectivity index (χ0n) is 13.7. The van der Waals surface area contributed by atoms with Crippen molar-refractivity contribution in [3.63, 3.8) is 0 Å². The third-order valence-electron chi connectivity index (χ3n) is 4.79. The summed E-state index contributed by atoms with van der Waals surface area (Å²) < 4.78 is 12.8. The molecule has 3 unspecified atom stereocenters.